The van der Waals surface area contributed by atoms with Gasteiger partial charge in [0.05, 0.1) is 0 Å². The number of rotatable bonds is 4. The van der Waals surface area contributed by atoms with Crippen LogP contribution >= 0.6 is 0 Å². The summed E-state index contributed by atoms with van der Waals surface area (Å²) in [5, 5.41) is 11.6. The lowest BCUT2D eigenvalue weighted by molar-refractivity contribution is -0.138. The summed E-state index contributed by atoms with van der Waals surface area (Å²) in [6.07, 6.45) is 1.17. The average molecular weight is 180 g/mol. The highest BCUT2D eigenvalue weighted by Crippen LogP contribution is 1.99. The first-order valence-electron chi connectivity index (χ1n) is 3.01. The Balaban J connectivity index is 0. The molecule has 0 fully saturated rings. The number of carboxylic acid groups (broad SMARTS) is 1. The summed E-state index contributed by atoms with van der Waals surface area (Å²) in [5.74, 6) is -1.02. The molecule has 0 heterocycles. The van der Waals surface area contributed by atoms with Crippen molar-refractivity contribution in [2.45, 2.75) is 25.8 Å². The van der Waals surface area contributed by atoms with E-state index in [0.29, 0.717) is 6.42 Å². The molecule has 0 aliphatic rings. The molecule has 0 spiro atoms. The molecule has 0 rings (SSSR count). The molecular weight excluding hydrogens is 170 g/mol. The molecule has 0 bridgehead atoms. The Kier molecular flexibility index (Phi) is 8.30. The maximum absolute atomic E-state index is 10.2. The van der Waals surface area contributed by atoms with Gasteiger partial charge in [-0.05, 0) is 6.42 Å². The van der Waals surface area contributed by atoms with Crippen LogP contribution in [0.2, 0.25) is 0 Å². The van der Waals surface area contributed by atoms with Gasteiger partial charge < -0.3 is 17.5 Å². The third-order valence-electron chi connectivity index (χ3n) is 1.04. The summed E-state index contributed by atoms with van der Waals surface area (Å²) in [4.78, 5) is 12.9. The fourth-order valence-corrected chi connectivity index (χ4v) is 0.574. The molecule has 0 aromatic heterocycles. The first-order valence-corrected chi connectivity index (χ1v) is 3.01. The van der Waals surface area contributed by atoms with Crippen molar-refractivity contribution in [1.29, 1.82) is 5.53 Å². The molecule has 11 heavy (non-hydrogen) atoms. The normalized spacial score (nSPS) is 10.6. The fourth-order valence-electron chi connectivity index (χ4n) is 0.574. The van der Waals surface area contributed by atoms with Crippen LogP contribution in [0, 0.1) is 5.53 Å². The van der Waals surface area contributed by atoms with Gasteiger partial charge in [-0.15, -0.1) is 0 Å². The summed E-state index contributed by atoms with van der Waals surface area (Å²) in [7, 11) is 0. The Morgan fingerprint density at radius 1 is 1.82 bits per heavy atom. The van der Waals surface area contributed by atoms with Crippen molar-refractivity contribution < 1.29 is 22.3 Å². The topological polar surface area (TPSA) is 87.6 Å². The molecular formula is C5H10ClN3O2. The molecule has 0 amide bonds. The summed E-state index contributed by atoms with van der Waals surface area (Å²) < 4.78 is 0. The second-order valence-corrected chi connectivity index (χ2v) is 1.86. The highest BCUT2D eigenvalue weighted by Gasteiger charge is 2.19. The van der Waals surface area contributed by atoms with Gasteiger partial charge in [0.1, 0.15) is 10.6 Å². The van der Waals surface area contributed by atoms with E-state index >= 15 is 0 Å². The van der Waals surface area contributed by atoms with Gasteiger partial charge in [0, 0.05) is 0 Å². The Hall–Kier alpha value is -0.930. The van der Waals surface area contributed by atoms with E-state index in [9.17, 15) is 4.79 Å². The minimum absolute atomic E-state index is 0. The molecule has 0 aromatic carbocycles. The average Bonchev–Trinajstić information content (AvgIpc) is 1.87. The van der Waals surface area contributed by atoms with E-state index in [0.717, 1.165) is 6.42 Å². The Morgan fingerprint density at radius 2 is 2.36 bits per heavy atom. The van der Waals surface area contributed by atoms with E-state index in [4.69, 9.17) is 10.6 Å². The number of halogens is 1. The fraction of sp³-hybridized carbons (Fsp3) is 0.800. The van der Waals surface area contributed by atoms with Crippen LogP contribution in [0.25, 0.3) is 0 Å². The van der Waals surface area contributed by atoms with Gasteiger partial charge in [-0.1, -0.05) is 13.3 Å². The number of hydrogen-bond acceptors (Lipinski definition) is 3. The lowest BCUT2D eigenvalue weighted by Crippen LogP contribution is -3.00. The predicted molar refractivity (Wildman–Crippen MR) is 33.6 cm³/mol. The zero-order valence-electron chi connectivity index (χ0n) is 6.12. The van der Waals surface area contributed by atoms with E-state index < -0.39 is 12.0 Å². The Bertz CT molecular complexity index is 165. The summed E-state index contributed by atoms with van der Waals surface area (Å²) in [6.45, 7) is 1.86. The first-order chi connectivity index (χ1) is 4.72. The number of aliphatic carboxylic acids is 1. The molecule has 5 nitrogen and oxygen atoms in total. The molecule has 1 unspecified atom stereocenters. The van der Waals surface area contributed by atoms with Crippen LogP contribution in [0.15, 0.2) is 5.11 Å². The lowest BCUT2D eigenvalue weighted by Gasteiger charge is -1.94. The number of nitrogens with zero attached hydrogens (tertiary/aromatic N) is 2. The minimum atomic E-state index is -1.02. The number of nitrogens with one attached hydrogen (secondary N) is 1. The van der Waals surface area contributed by atoms with E-state index in [-0.39, 0.29) is 12.4 Å². The van der Waals surface area contributed by atoms with Gasteiger partial charge in [-0.3, -0.25) is 0 Å². The highest BCUT2D eigenvalue weighted by molar-refractivity contribution is 5.73. The quantitative estimate of drug-likeness (QED) is 0.379. The molecule has 0 radical (unpaired) electrons. The molecule has 0 aromatic rings. The van der Waals surface area contributed by atoms with E-state index in [1.807, 2.05) is 6.92 Å². The minimum Gasteiger partial charge on any atom is -1.00 e. The predicted octanol–water partition coefficient (Wildman–Crippen LogP) is -2.21. The SMILES string of the molecule is CCCC(N=[N+]=N)C(=O)O.[Cl-]. The maximum atomic E-state index is 10.2. The van der Waals surface area contributed by atoms with Crippen LogP contribution < -0.4 is 17.3 Å². The van der Waals surface area contributed by atoms with Crippen LogP contribution in [0.4, 0.5) is 0 Å². The lowest BCUT2D eigenvalue weighted by atomic mass is 10.2. The van der Waals surface area contributed by atoms with Gasteiger partial charge in [0.15, 0.2) is 0 Å². The van der Waals surface area contributed by atoms with Crippen molar-refractivity contribution in [2.75, 3.05) is 0 Å². The number of carboxylic acids is 1. The molecule has 2 N–H and O–H groups in total. The molecule has 64 valence electrons. The van der Waals surface area contributed by atoms with Gasteiger partial charge in [-0.2, -0.15) is 0 Å². The zero-order valence-corrected chi connectivity index (χ0v) is 6.88. The smallest absolute Gasteiger partial charge is 0.336 e. The van der Waals surface area contributed by atoms with Gasteiger partial charge in [-0.25, -0.2) is 4.79 Å². The van der Waals surface area contributed by atoms with Crippen molar-refractivity contribution >= 4 is 5.97 Å². The van der Waals surface area contributed by atoms with E-state index in [2.05, 4.69) is 10.0 Å². The largest absolute Gasteiger partial charge is 1.00 e. The Labute approximate surface area is 70.4 Å². The van der Waals surface area contributed by atoms with Crippen molar-refractivity contribution in [2.24, 2.45) is 5.11 Å². The van der Waals surface area contributed by atoms with Crippen molar-refractivity contribution in [3.8, 4) is 0 Å². The highest BCUT2D eigenvalue weighted by atomic mass is 35.5. The second kappa shape index (κ2) is 7.18. The van der Waals surface area contributed by atoms with Gasteiger partial charge in [0.2, 0.25) is 11.0 Å². The third-order valence-corrected chi connectivity index (χ3v) is 1.04. The third kappa shape index (κ3) is 5.51. The second-order valence-electron chi connectivity index (χ2n) is 1.86. The van der Waals surface area contributed by atoms with Crippen LogP contribution in [0.5, 0.6) is 0 Å². The van der Waals surface area contributed by atoms with Gasteiger partial charge in [0.25, 0.3) is 0 Å². The van der Waals surface area contributed by atoms with Crippen molar-refractivity contribution in [1.82, 2.24) is 4.91 Å². The molecule has 0 saturated carbocycles. The molecule has 0 saturated heterocycles. The van der Waals surface area contributed by atoms with Crippen molar-refractivity contribution in [3.05, 3.63) is 0 Å². The standard InChI is InChI=1S/C5H9N3O2.ClH/c1-2-3-4(5(9)10)7-8-6;/h4,6H,2-3H2,1H3;1H. The maximum Gasteiger partial charge on any atom is 0.336 e. The molecule has 6 heteroatoms. The van der Waals surface area contributed by atoms with Crippen LogP contribution in [-0.4, -0.2) is 17.1 Å². The summed E-state index contributed by atoms with van der Waals surface area (Å²) in [5.41, 5.74) is 6.30. The molecule has 0 aliphatic heterocycles. The van der Waals surface area contributed by atoms with Gasteiger partial charge >= 0.3 is 5.97 Å². The summed E-state index contributed by atoms with van der Waals surface area (Å²) >= 11 is 0. The Morgan fingerprint density at radius 3 is 2.64 bits per heavy atom. The molecule has 0 aliphatic carbocycles. The van der Waals surface area contributed by atoms with E-state index in [1.165, 1.54) is 0 Å². The van der Waals surface area contributed by atoms with Crippen molar-refractivity contribution in [3.63, 3.8) is 0 Å². The molecule has 1 atom stereocenters. The number of carbonyl (C=O) groups is 1. The first kappa shape index (κ1) is 12.7. The van der Waals surface area contributed by atoms with Crippen LogP contribution in [-0.2, 0) is 4.79 Å². The monoisotopic (exact) mass is 179 g/mol. The summed E-state index contributed by atoms with van der Waals surface area (Å²) in [6, 6.07) is -0.831. The van der Waals surface area contributed by atoms with Crippen LogP contribution in [0.1, 0.15) is 19.8 Å². The number of hydrogen-bond donors (Lipinski definition) is 2. The zero-order chi connectivity index (χ0) is 7.98. The van der Waals surface area contributed by atoms with E-state index in [1.54, 1.807) is 0 Å². The van der Waals surface area contributed by atoms with Crippen LogP contribution in [0.3, 0.4) is 0 Å².